The van der Waals surface area contributed by atoms with Gasteiger partial charge in [0.1, 0.15) is 0 Å². The third-order valence-corrected chi connectivity index (χ3v) is 3.64. The normalized spacial score (nSPS) is 55.4. The molecule has 4 unspecified atom stereocenters. The molecule has 0 amide bonds. The third-order valence-electron chi connectivity index (χ3n) is 3.64. The monoisotopic (exact) mass is 153 g/mol. The summed E-state index contributed by atoms with van der Waals surface area (Å²) in [5.74, 6) is 1.78. The van der Waals surface area contributed by atoms with Crippen LogP contribution in [0.3, 0.4) is 0 Å². The minimum atomic E-state index is 0.634. The first-order valence-corrected chi connectivity index (χ1v) is 4.68. The molecular weight excluding hydrogens is 138 g/mol. The lowest BCUT2D eigenvalue weighted by atomic mass is 9.82. The van der Waals surface area contributed by atoms with Crippen molar-refractivity contribution in [3.05, 3.63) is 0 Å². The van der Waals surface area contributed by atoms with E-state index in [4.69, 9.17) is 4.74 Å². The summed E-state index contributed by atoms with van der Waals surface area (Å²) >= 11 is 0. The van der Waals surface area contributed by atoms with Gasteiger partial charge in [-0.05, 0) is 19.9 Å². The molecule has 0 aliphatic carbocycles. The van der Waals surface area contributed by atoms with Crippen LogP contribution in [0, 0.1) is 11.8 Å². The Balaban J connectivity index is 1.87. The Morgan fingerprint density at radius 2 is 1.64 bits per heavy atom. The fourth-order valence-corrected chi connectivity index (χ4v) is 3.17. The number of hydrogen-bond donors (Lipinski definition) is 0. The van der Waals surface area contributed by atoms with E-state index in [-0.39, 0.29) is 0 Å². The van der Waals surface area contributed by atoms with Gasteiger partial charge in [0.25, 0.3) is 0 Å². The van der Waals surface area contributed by atoms with Crippen molar-refractivity contribution in [2.24, 2.45) is 11.8 Å². The van der Waals surface area contributed by atoms with Gasteiger partial charge < -0.3 is 9.64 Å². The van der Waals surface area contributed by atoms with Gasteiger partial charge in [-0.25, -0.2) is 0 Å². The molecule has 0 aromatic rings. The zero-order valence-electron chi connectivity index (χ0n) is 6.99. The molecule has 3 fully saturated rings. The average Bonchev–Trinajstić information content (AvgIpc) is 2.53. The second-order valence-corrected chi connectivity index (χ2v) is 4.34. The van der Waals surface area contributed by atoms with Crippen LogP contribution in [-0.4, -0.2) is 37.2 Å². The molecule has 2 bridgehead atoms. The maximum Gasteiger partial charge on any atom is 0.0624 e. The van der Waals surface area contributed by atoms with E-state index in [0.717, 1.165) is 11.8 Å². The Morgan fingerprint density at radius 3 is 2.18 bits per heavy atom. The van der Waals surface area contributed by atoms with E-state index in [1.165, 1.54) is 25.9 Å². The molecule has 62 valence electrons. The van der Waals surface area contributed by atoms with Crippen molar-refractivity contribution in [2.45, 2.75) is 25.0 Å². The number of ether oxygens (including phenoxy) is 1. The Bertz CT molecular complexity index is 164. The van der Waals surface area contributed by atoms with E-state index in [2.05, 4.69) is 11.9 Å². The molecule has 4 atom stereocenters. The maximum absolute atomic E-state index is 5.86. The molecule has 0 saturated carbocycles. The van der Waals surface area contributed by atoms with Crippen molar-refractivity contribution in [1.82, 2.24) is 4.90 Å². The largest absolute Gasteiger partial charge is 0.374 e. The van der Waals surface area contributed by atoms with Gasteiger partial charge in [0.15, 0.2) is 0 Å². The number of nitrogens with zero attached hydrogens (tertiary/aromatic N) is 1. The fourth-order valence-electron chi connectivity index (χ4n) is 3.17. The molecule has 11 heavy (non-hydrogen) atoms. The number of rotatable bonds is 0. The molecule has 0 spiro atoms. The molecule has 2 heteroatoms. The predicted octanol–water partition coefficient (Wildman–Crippen LogP) is 0.725. The molecule has 0 aromatic carbocycles. The Labute approximate surface area is 67.5 Å². The van der Waals surface area contributed by atoms with E-state index in [0.29, 0.717) is 12.2 Å². The Hall–Kier alpha value is -0.0800. The van der Waals surface area contributed by atoms with Crippen LogP contribution in [-0.2, 0) is 4.74 Å². The van der Waals surface area contributed by atoms with Crippen molar-refractivity contribution in [3.63, 3.8) is 0 Å². The van der Waals surface area contributed by atoms with Gasteiger partial charge in [0, 0.05) is 24.9 Å². The molecule has 3 heterocycles. The number of likely N-dealkylation sites (tertiary alicyclic amines) is 1. The molecule has 2 nitrogen and oxygen atoms in total. The minimum absolute atomic E-state index is 0.634. The van der Waals surface area contributed by atoms with Gasteiger partial charge in [-0.15, -0.1) is 0 Å². The smallest absolute Gasteiger partial charge is 0.0624 e. The number of hydrogen-bond acceptors (Lipinski definition) is 2. The lowest BCUT2D eigenvalue weighted by Gasteiger charge is -2.18. The van der Waals surface area contributed by atoms with Gasteiger partial charge in [0.2, 0.25) is 0 Å². The molecular formula is C9H15NO. The first-order valence-electron chi connectivity index (χ1n) is 4.68. The van der Waals surface area contributed by atoms with Gasteiger partial charge in [-0.3, -0.25) is 0 Å². The second kappa shape index (κ2) is 1.99. The summed E-state index contributed by atoms with van der Waals surface area (Å²) in [5, 5.41) is 0. The number of fused-ring (bicyclic) bond motifs is 5. The van der Waals surface area contributed by atoms with Crippen molar-refractivity contribution in [3.8, 4) is 0 Å². The molecule has 3 aliphatic heterocycles. The lowest BCUT2D eigenvalue weighted by Crippen LogP contribution is -2.24. The molecule has 0 radical (unpaired) electrons. The highest BCUT2D eigenvalue weighted by Crippen LogP contribution is 2.46. The van der Waals surface area contributed by atoms with Crippen molar-refractivity contribution in [1.29, 1.82) is 0 Å². The van der Waals surface area contributed by atoms with Gasteiger partial charge in [-0.2, -0.15) is 0 Å². The highest BCUT2D eigenvalue weighted by molar-refractivity contribution is 5.01. The molecule has 0 aromatic heterocycles. The molecule has 3 saturated heterocycles. The quantitative estimate of drug-likeness (QED) is 0.508. The van der Waals surface area contributed by atoms with Crippen molar-refractivity contribution in [2.75, 3.05) is 20.1 Å². The van der Waals surface area contributed by atoms with Crippen LogP contribution in [0.15, 0.2) is 0 Å². The summed E-state index contributed by atoms with van der Waals surface area (Å²) < 4.78 is 5.86. The summed E-state index contributed by atoms with van der Waals surface area (Å²) in [4.78, 5) is 2.46. The van der Waals surface area contributed by atoms with Crippen LogP contribution in [0.1, 0.15) is 12.8 Å². The van der Waals surface area contributed by atoms with Crippen LogP contribution < -0.4 is 0 Å². The predicted molar refractivity (Wildman–Crippen MR) is 42.4 cm³/mol. The van der Waals surface area contributed by atoms with Crippen LogP contribution in [0.4, 0.5) is 0 Å². The lowest BCUT2D eigenvalue weighted by molar-refractivity contribution is 0.0735. The van der Waals surface area contributed by atoms with Crippen LogP contribution in [0.5, 0.6) is 0 Å². The zero-order chi connectivity index (χ0) is 7.42. The molecule has 3 rings (SSSR count). The first kappa shape index (κ1) is 6.44. The van der Waals surface area contributed by atoms with Crippen molar-refractivity contribution >= 4 is 0 Å². The average molecular weight is 153 g/mol. The second-order valence-electron chi connectivity index (χ2n) is 4.34. The molecule has 0 N–H and O–H groups in total. The van der Waals surface area contributed by atoms with Gasteiger partial charge in [-0.1, -0.05) is 0 Å². The standard InChI is InChI=1S/C9H15NO/c1-10-4-6-7(5-10)9-3-2-8(6)11-9/h6-9H,2-5H2,1H3. The Morgan fingerprint density at radius 1 is 1.09 bits per heavy atom. The van der Waals surface area contributed by atoms with E-state index >= 15 is 0 Å². The van der Waals surface area contributed by atoms with Crippen LogP contribution in [0.25, 0.3) is 0 Å². The summed E-state index contributed by atoms with van der Waals surface area (Å²) in [5.41, 5.74) is 0. The topological polar surface area (TPSA) is 12.5 Å². The SMILES string of the molecule is CN1CC2C3CCC(O3)C2C1. The zero-order valence-corrected chi connectivity index (χ0v) is 6.99. The maximum atomic E-state index is 5.86. The van der Waals surface area contributed by atoms with E-state index in [1.807, 2.05) is 0 Å². The van der Waals surface area contributed by atoms with E-state index < -0.39 is 0 Å². The highest BCUT2D eigenvalue weighted by Gasteiger charge is 2.52. The van der Waals surface area contributed by atoms with Crippen molar-refractivity contribution < 1.29 is 4.74 Å². The Kier molecular flexibility index (Phi) is 1.16. The fraction of sp³-hybridized carbons (Fsp3) is 1.00. The summed E-state index contributed by atoms with van der Waals surface area (Å²) in [6.07, 6.45) is 3.93. The van der Waals surface area contributed by atoms with Gasteiger partial charge in [0.05, 0.1) is 12.2 Å². The summed E-state index contributed by atoms with van der Waals surface area (Å²) in [7, 11) is 2.23. The molecule has 3 aliphatic rings. The highest BCUT2D eigenvalue weighted by atomic mass is 16.5. The van der Waals surface area contributed by atoms with Crippen LogP contribution in [0.2, 0.25) is 0 Å². The third kappa shape index (κ3) is 0.744. The first-order chi connectivity index (χ1) is 5.34. The van der Waals surface area contributed by atoms with E-state index in [1.54, 1.807) is 0 Å². The van der Waals surface area contributed by atoms with Gasteiger partial charge >= 0.3 is 0 Å². The van der Waals surface area contributed by atoms with Crippen LogP contribution >= 0.6 is 0 Å². The van der Waals surface area contributed by atoms with E-state index in [9.17, 15) is 0 Å². The summed E-state index contributed by atoms with van der Waals surface area (Å²) in [6, 6.07) is 0. The summed E-state index contributed by atoms with van der Waals surface area (Å²) in [6.45, 7) is 2.57. The minimum Gasteiger partial charge on any atom is -0.374 e.